The molecule has 4 rings (SSSR count). The van der Waals surface area contributed by atoms with Crippen LogP contribution in [-0.4, -0.2) is 23.9 Å². The van der Waals surface area contributed by atoms with Gasteiger partial charge in [-0.1, -0.05) is 30.4 Å². The van der Waals surface area contributed by atoms with E-state index in [-0.39, 0.29) is 34.5 Å². The quantitative estimate of drug-likeness (QED) is 0.412. The van der Waals surface area contributed by atoms with Gasteiger partial charge in [-0.2, -0.15) is 0 Å². The number of anilines is 1. The summed E-state index contributed by atoms with van der Waals surface area (Å²) in [6.07, 6.45) is 5.85. The van der Waals surface area contributed by atoms with E-state index in [1.54, 1.807) is 6.08 Å². The van der Waals surface area contributed by atoms with Crippen molar-refractivity contribution < 1.29 is 27.5 Å². The summed E-state index contributed by atoms with van der Waals surface area (Å²) in [5.41, 5.74) is 0.414. The lowest BCUT2D eigenvalue weighted by Gasteiger charge is -2.26. The molecule has 2 aromatic carbocycles. The molecule has 7 nitrogen and oxygen atoms in total. The van der Waals surface area contributed by atoms with Crippen LogP contribution < -0.4 is 15.4 Å². The van der Waals surface area contributed by atoms with Crippen molar-refractivity contribution in [1.29, 1.82) is 0 Å². The highest BCUT2D eigenvalue weighted by atomic mass is 19.3. The van der Waals surface area contributed by atoms with Crippen molar-refractivity contribution in [2.45, 2.75) is 38.5 Å². The second-order valence-corrected chi connectivity index (χ2v) is 9.15. The van der Waals surface area contributed by atoms with Gasteiger partial charge in [0.15, 0.2) is 5.69 Å². The smallest absolute Gasteiger partial charge is 0.277 e. The predicted octanol–water partition coefficient (Wildman–Crippen LogP) is 5.95. The van der Waals surface area contributed by atoms with E-state index in [0.29, 0.717) is 23.4 Å². The van der Waals surface area contributed by atoms with Crippen molar-refractivity contribution in [3.05, 3.63) is 89.5 Å². The highest BCUT2D eigenvalue weighted by molar-refractivity contribution is 6.04. The number of nitrogens with one attached hydrogen (secondary N) is 2. The number of hydrogen-bond donors (Lipinski definition) is 2. The fourth-order valence-corrected chi connectivity index (χ4v) is 3.99. The average molecular weight is 508 g/mol. The highest BCUT2D eigenvalue weighted by Gasteiger charge is 2.36. The van der Waals surface area contributed by atoms with Gasteiger partial charge in [-0.25, -0.2) is 13.8 Å². The lowest BCUT2D eigenvalue weighted by atomic mass is 9.79. The number of hydrogen-bond acceptors (Lipinski definition) is 5. The third kappa shape index (κ3) is 5.77. The van der Waals surface area contributed by atoms with Gasteiger partial charge in [0.25, 0.3) is 11.8 Å². The van der Waals surface area contributed by atoms with E-state index in [4.69, 9.17) is 9.15 Å². The van der Waals surface area contributed by atoms with Gasteiger partial charge in [0.1, 0.15) is 11.5 Å². The Morgan fingerprint density at radius 3 is 2.46 bits per heavy atom. The predicted molar refractivity (Wildman–Crippen MR) is 135 cm³/mol. The Kier molecular flexibility index (Phi) is 6.98. The summed E-state index contributed by atoms with van der Waals surface area (Å²) in [5, 5.41) is 5.41. The van der Waals surface area contributed by atoms with Crippen LogP contribution >= 0.6 is 0 Å². The molecule has 1 aromatic heterocycles. The zero-order valence-corrected chi connectivity index (χ0v) is 20.9. The number of carbonyl (C=O) groups excluding carboxylic acids is 2. The second kappa shape index (κ2) is 10.0. The van der Waals surface area contributed by atoms with E-state index in [0.717, 1.165) is 6.92 Å². The first kappa shape index (κ1) is 25.8. The lowest BCUT2D eigenvalue weighted by molar-refractivity contribution is -0.118. The zero-order valence-electron chi connectivity index (χ0n) is 20.9. The Morgan fingerprint density at radius 1 is 1.14 bits per heavy atom. The summed E-state index contributed by atoms with van der Waals surface area (Å²) in [6, 6.07) is 13.0. The van der Waals surface area contributed by atoms with Gasteiger partial charge >= 0.3 is 0 Å². The topological polar surface area (TPSA) is 93.5 Å². The van der Waals surface area contributed by atoms with E-state index in [9.17, 15) is 18.4 Å². The number of methoxy groups -OCH3 is 1. The van der Waals surface area contributed by atoms with Crippen LogP contribution in [0, 0.1) is 0 Å². The number of halogens is 2. The summed E-state index contributed by atoms with van der Waals surface area (Å²) in [6.45, 7) is 4.08. The third-order valence-corrected chi connectivity index (χ3v) is 5.99. The van der Waals surface area contributed by atoms with Crippen LogP contribution in [0.3, 0.4) is 0 Å². The largest absolute Gasteiger partial charge is 0.497 e. The average Bonchev–Trinajstić information content (AvgIpc) is 3.32. The molecule has 0 bridgehead atoms. The van der Waals surface area contributed by atoms with E-state index in [1.165, 1.54) is 32.2 Å². The molecule has 0 spiro atoms. The molecule has 1 atom stereocenters. The Labute approximate surface area is 213 Å². The Morgan fingerprint density at radius 2 is 1.86 bits per heavy atom. The number of rotatable bonds is 7. The Bertz CT molecular complexity index is 1390. The molecule has 1 heterocycles. The van der Waals surface area contributed by atoms with E-state index in [1.807, 2.05) is 49.4 Å². The molecule has 1 aliphatic rings. The number of alkyl halides is 2. The van der Waals surface area contributed by atoms with E-state index >= 15 is 0 Å². The molecule has 0 saturated heterocycles. The van der Waals surface area contributed by atoms with Crippen molar-refractivity contribution in [2.24, 2.45) is 0 Å². The van der Waals surface area contributed by atoms with Gasteiger partial charge in [-0.15, -0.1) is 0 Å². The van der Waals surface area contributed by atoms with Crippen molar-refractivity contribution in [1.82, 2.24) is 10.3 Å². The number of allylic oxidation sites excluding steroid dienone is 3. The molecule has 192 valence electrons. The highest BCUT2D eigenvalue weighted by Crippen LogP contribution is 2.38. The maximum atomic E-state index is 14.0. The summed E-state index contributed by atoms with van der Waals surface area (Å²) >= 11 is 0. The third-order valence-electron chi connectivity index (χ3n) is 5.99. The molecule has 0 saturated carbocycles. The zero-order chi connectivity index (χ0) is 26.8. The molecular weight excluding hydrogens is 480 g/mol. The van der Waals surface area contributed by atoms with Crippen molar-refractivity contribution in [2.75, 3.05) is 12.4 Å². The van der Waals surface area contributed by atoms with Gasteiger partial charge < -0.3 is 19.8 Å². The monoisotopic (exact) mass is 507 g/mol. The van der Waals surface area contributed by atoms with Crippen LogP contribution in [0.5, 0.6) is 5.75 Å². The van der Waals surface area contributed by atoms with Crippen molar-refractivity contribution >= 4 is 17.5 Å². The SMILES string of the molecule is COc1cc(NC(=O)c2nc(-c3ccccc3)oc2C2(C)C=CC(NC(C)=O)=CC2)cc(C(C)(F)F)c1. The van der Waals surface area contributed by atoms with Gasteiger partial charge in [0.2, 0.25) is 11.8 Å². The van der Waals surface area contributed by atoms with Crippen LogP contribution in [0.25, 0.3) is 11.5 Å². The standard InChI is InChI=1S/C28H27F2N3O4/c1-17(34)31-20-10-12-27(2,13-11-20)24-23(33-26(37-24)18-8-6-5-7-9-18)25(35)32-21-14-19(28(3,29)30)15-22(16-21)36-4/h5-12,14-16H,13H2,1-4H3,(H,31,34)(H,32,35). The maximum Gasteiger partial charge on any atom is 0.277 e. The van der Waals surface area contributed by atoms with Gasteiger partial charge in [0.05, 0.1) is 7.11 Å². The minimum Gasteiger partial charge on any atom is -0.497 e. The Balaban J connectivity index is 1.73. The summed E-state index contributed by atoms with van der Waals surface area (Å²) < 4.78 is 39.4. The molecule has 1 unspecified atom stereocenters. The minimum absolute atomic E-state index is 0.0232. The minimum atomic E-state index is -3.13. The molecule has 0 fully saturated rings. The first-order valence-electron chi connectivity index (χ1n) is 11.6. The fourth-order valence-electron chi connectivity index (χ4n) is 3.99. The number of benzene rings is 2. The number of nitrogens with zero attached hydrogens (tertiary/aromatic N) is 1. The van der Waals surface area contributed by atoms with Crippen LogP contribution in [-0.2, 0) is 16.1 Å². The fraction of sp³-hybridized carbons (Fsp3) is 0.250. The normalized spacial score (nSPS) is 17.2. The van der Waals surface area contributed by atoms with E-state index < -0.39 is 17.2 Å². The number of ether oxygens (including phenoxy) is 1. The maximum absolute atomic E-state index is 14.0. The van der Waals surface area contributed by atoms with Gasteiger partial charge in [-0.05, 0) is 43.7 Å². The number of oxazole rings is 1. The van der Waals surface area contributed by atoms with Crippen LogP contribution in [0.4, 0.5) is 14.5 Å². The van der Waals surface area contributed by atoms with Gasteiger partial charge in [-0.3, -0.25) is 9.59 Å². The summed E-state index contributed by atoms with van der Waals surface area (Å²) in [4.78, 5) is 29.4. The molecule has 3 aromatic rings. The Hall–Kier alpha value is -4.27. The molecule has 2 amide bonds. The number of aromatic nitrogens is 1. The van der Waals surface area contributed by atoms with E-state index in [2.05, 4.69) is 15.6 Å². The number of amides is 2. The lowest BCUT2D eigenvalue weighted by Crippen LogP contribution is -2.27. The molecular formula is C28H27F2N3O4. The molecule has 1 aliphatic carbocycles. The van der Waals surface area contributed by atoms with Crippen LogP contribution in [0.15, 0.2) is 76.9 Å². The van der Waals surface area contributed by atoms with Crippen molar-refractivity contribution in [3.63, 3.8) is 0 Å². The molecule has 0 radical (unpaired) electrons. The van der Waals surface area contributed by atoms with Crippen LogP contribution in [0.2, 0.25) is 0 Å². The summed E-state index contributed by atoms with van der Waals surface area (Å²) in [5.74, 6) is -3.21. The molecule has 37 heavy (non-hydrogen) atoms. The second-order valence-electron chi connectivity index (χ2n) is 9.15. The van der Waals surface area contributed by atoms with Crippen LogP contribution in [0.1, 0.15) is 49.0 Å². The molecule has 2 N–H and O–H groups in total. The number of carbonyl (C=O) groups is 2. The first-order valence-corrected chi connectivity index (χ1v) is 11.6. The molecule has 0 aliphatic heterocycles. The first-order chi connectivity index (χ1) is 17.5. The van der Waals surface area contributed by atoms with Gasteiger partial charge in [0, 0.05) is 47.8 Å². The van der Waals surface area contributed by atoms with Crippen molar-refractivity contribution in [3.8, 4) is 17.2 Å². The molecule has 9 heteroatoms. The summed E-state index contributed by atoms with van der Waals surface area (Å²) in [7, 11) is 1.36.